The first-order chi connectivity index (χ1) is 16.3. The lowest BCUT2D eigenvalue weighted by Crippen LogP contribution is -2.47. The van der Waals surface area contributed by atoms with Crippen LogP contribution in [0.2, 0.25) is 0 Å². The van der Waals surface area contributed by atoms with Crippen LogP contribution in [0.5, 0.6) is 0 Å². The van der Waals surface area contributed by atoms with Gasteiger partial charge in [0, 0.05) is 45.0 Å². The van der Waals surface area contributed by atoms with Crippen LogP contribution in [0.4, 0.5) is 19.0 Å². The van der Waals surface area contributed by atoms with E-state index >= 15 is 0 Å². The fourth-order valence-corrected chi connectivity index (χ4v) is 4.52. The van der Waals surface area contributed by atoms with Gasteiger partial charge in [-0.3, -0.25) is 14.5 Å². The van der Waals surface area contributed by atoms with Gasteiger partial charge in [-0.1, -0.05) is 0 Å². The van der Waals surface area contributed by atoms with E-state index < -0.39 is 11.7 Å². The molecule has 1 fully saturated rings. The van der Waals surface area contributed by atoms with Crippen LogP contribution >= 0.6 is 0 Å². The second kappa shape index (κ2) is 8.64. The summed E-state index contributed by atoms with van der Waals surface area (Å²) in [4.78, 5) is 28.6. The number of rotatable bonds is 5. The van der Waals surface area contributed by atoms with Crippen molar-refractivity contribution in [2.45, 2.75) is 19.1 Å². The number of anilines is 1. The first-order valence-electron chi connectivity index (χ1n) is 11.1. The fraction of sp³-hybridized carbons (Fsp3) is 0.348. The molecule has 0 unspecified atom stereocenters. The van der Waals surface area contributed by atoms with Gasteiger partial charge in [-0.05, 0) is 49.4 Å². The smallest absolute Gasteiger partial charge is 0.353 e. The summed E-state index contributed by atoms with van der Waals surface area (Å²) in [5, 5.41) is 6.51. The van der Waals surface area contributed by atoms with Crippen LogP contribution in [0, 0.1) is 0 Å². The lowest BCUT2D eigenvalue weighted by atomic mass is 10.1. The Kier molecular flexibility index (Phi) is 5.64. The number of nitrogens with one attached hydrogen (secondary N) is 1. The van der Waals surface area contributed by atoms with Crippen LogP contribution in [0.3, 0.4) is 0 Å². The normalized spacial score (nSPS) is 15.4. The first kappa shape index (κ1) is 22.2. The van der Waals surface area contributed by atoms with Crippen molar-refractivity contribution in [3.63, 3.8) is 0 Å². The van der Waals surface area contributed by atoms with Gasteiger partial charge in [-0.2, -0.15) is 18.3 Å². The van der Waals surface area contributed by atoms with Crippen LogP contribution in [-0.4, -0.2) is 56.8 Å². The molecule has 1 aromatic carbocycles. The summed E-state index contributed by atoms with van der Waals surface area (Å²) in [5.41, 5.74) is 0.000314. The Labute approximate surface area is 191 Å². The minimum absolute atomic E-state index is 0.216. The van der Waals surface area contributed by atoms with Crippen LogP contribution in [0.15, 0.2) is 58.3 Å². The molecule has 0 amide bonds. The zero-order chi connectivity index (χ0) is 23.9. The van der Waals surface area contributed by atoms with Gasteiger partial charge in [0.25, 0.3) is 11.1 Å². The third-order valence-corrected chi connectivity index (χ3v) is 6.28. The molecule has 11 heteroatoms. The number of aromatic nitrogens is 4. The highest BCUT2D eigenvalue weighted by atomic mass is 19.4. The maximum absolute atomic E-state index is 13.3. The van der Waals surface area contributed by atoms with Crippen molar-refractivity contribution in [2.75, 3.05) is 37.6 Å². The number of fused-ring (bicyclic) bond motifs is 3. The van der Waals surface area contributed by atoms with Crippen LogP contribution < -0.4 is 16.0 Å². The monoisotopic (exact) mass is 472 g/mol. The molecule has 0 atom stereocenters. The Morgan fingerprint density at radius 2 is 1.71 bits per heavy atom. The van der Waals surface area contributed by atoms with E-state index in [1.165, 1.54) is 16.5 Å². The van der Waals surface area contributed by atoms with E-state index in [0.717, 1.165) is 50.7 Å². The van der Waals surface area contributed by atoms with E-state index in [1.54, 1.807) is 29.0 Å². The average molecular weight is 472 g/mol. The molecule has 0 saturated carbocycles. The number of halogens is 3. The quantitative estimate of drug-likeness (QED) is 0.483. The van der Waals surface area contributed by atoms with Crippen molar-refractivity contribution in [3.8, 4) is 0 Å². The first-order valence-corrected chi connectivity index (χ1v) is 11.1. The molecule has 8 nitrogen and oxygen atoms in total. The second-order valence-corrected chi connectivity index (χ2v) is 8.38. The predicted octanol–water partition coefficient (Wildman–Crippen LogP) is 2.57. The van der Waals surface area contributed by atoms with Crippen molar-refractivity contribution >= 4 is 22.4 Å². The highest BCUT2D eigenvalue weighted by molar-refractivity contribution is 5.80. The molecule has 4 aromatic rings. The number of alkyl halides is 3. The van der Waals surface area contributed by atoms with Gasteiger partial charge in [0.15, 0.2) is 0 Å². The molecule has 34 heavy (non-hydrogen) atoms. The van der Waals surface area contributed by atoms with E-state index in [1.807, 2.05) is 0 Å². The summed E-state index contributed by atoms with van der Waals surface area (Å²) in [6.45, 7) is 4.31. The lowest BCUT2D eigenvalue weighted by Gasteiger charge is -2.35. The molecule has 0 aliphatic carbocycles. The number of piperazine rings is 1. The highest BCUT2D eigenvalue weighted by Gasteiger charge is 2.31. The van der Waals surface area contributed by atoms with Gasteiger partial charge in [-0.15, -0.1) is 0 Å². The number of benzene rings is 1. The standard InChI is InChI=1S/C23H23F3N6O2/c24-23(25,26)16-4-5-17-19(15-16)31-9-1-3-18(31)22(34)32(17)10-2-8-29-11-13-30(14-12-29)20-6-7-21(33)28-27-20/h1,3-7,9,15H,2,8,10-14H2,(H,28,33). The van der Waals surface area contributed by atoms with Gasteiger partial charge < -0.3 is 13.9 Å². The Hall–Kier alpha value is -3.60. The van der Waals surface area contributed by atoms with E-state index in [4.69, 9.17) is 0 Å². The minimum Gasteiger partial charge on any atom is -0.353 e. The summed E-state index contributed by atoms with van der Waals surface area (Å²) >= 11 is 0. The summed E-state index contributed by atoms with van der Waals surface area (Å²) in [7, 11) is 0. The van der Waals surface area contributed by atoms with E-state index in [-0.39, 0.29) is 11.1 Å². The maximum atomic E-state index is 13.3. The zero-order valence-corrected chi connectivity index (χ0v) is 18.3. The molecule has 3 aromatic heterocycles. The lowest BCUT2D eigenvalue weighted by molar-refractivity contribution is -0.137. The zero-order valence-electron chi connectivity index (χ0n) is 18.3. The number of aromatic amines is 1. The summed E-state index contributed by atoms with van der Waals surface area (Å²) in [5.74, 6) is 0.732. The van der Waals surface area contributed by atoms with Crippen molar-refractivity contribution in [3.05, 3.63) is 74.9 Å². The average Bonchev–Trinajstić information content (AvgIpc) is 3.32. The largest absolute Gasteiger partial charge is 0.416 e. The second-order valence-electron chi connectivity index (χ2n) is 8.38. The van der Waals surface area contributed by atoms with Crippen molar-refractivity contribution < 1.29 is 13.2 Å². The van der Waals surface area contributed by atoms with E-state index in [2.05, 4.69) is 20.0 Å². The van der Waals surface area contributed by atoms with Crippen molar-refractivity contribution in [1.82, 2.24) is 24.1 Å². The third-order valence-electron chi connectivity index (χ3n) is 6.28. The third kappa shape index (κ3) is 4.18. The Morgan fingerprint density at radius 3 is 2.41 bits per heavy atom. The molecular weight excluding hydrogens is 449 g/mol. The molecule has 5 rings (SSSR count). The molecule has 1 aliphatic heterocycles. The maximum Gasteiger partial charge on any atom is 0.416 e. The number of hydrogen-bond acceptors (Lipinski definition) is 5. The molecule has 178 valence electrons. The van der Waals surface area contributed by atoms with Gasteiger partial charge >= 0.3 is 6.18 Å². The van der Waals surface area contributed by atoms with E-state index in [9.17, 15) is 22.8 Å². The number of hydrogen-bond donors (Lipinski definition) is 1. The molecule has 0 spiro atoms. The Morgan fingerprint density at radius 1 is 0.912 bits per heavy atom. The molecule has 4 heterocycles. The van der Waals surface area contributed by atoms with Crippen molar-refractivity contribution in [2.24, 2.45) is 0 Å². The molecular formula is C23H23F3N6O2. The van der Waals surface area contributed by atoms with Crippen LogP contribution in [0.25, 0.3) is 16.6 Å². The SMILES string of the molecule is O=c1ccc(N2CCN(CCCn3c(=O)c4cccn4c4cc(C(F)(F)F)ccc43)CC2)n[nH]1. The molecule has 1 aliphatic rings. The van der Waals surface area contributed by atoms with Gasteiger partial charge in [0.2, 0.25) is 0 Å². The highest BCUT2D eigenvalue weighted by Crippen LogP contribution is 2.31. The molecule has 1 N–H and O–H groups in total. The molecule has 1 saturated heterocycles. The Bertz CT molecular complexity index is 1430. The summed E-state index contributed by atoms with van der Waals surface area (Å²) in [6, 6.07) is 9.96. The molecule has 0 radical (unpaired) electrons. The van der Waals surface area contributed by atoms with Crippen LogP contribution in [-0.2, 0) is 12.7 Å². The predicted molar refractivity (Wildman–Crippen MR) is 122 cm³/mol. The molecule has 0 bridgehead atoms. The van der Waals surface area contributed by atoms with Crippen molar-refractivity contribution in [1.29, 1.82) is 0 Å². The summed E-state index contributed by atoms with van der Waals surface area (Å²) < 4.78 is 42.9. The minimum atomic E-state index is -4.46. The number of aryl methyl sites for hydroxylation is 1. The van der Waals surface area contributed by atoms with Gasteiger partial charge in [0.1, 0.15) is 11.3 Å². The van der Waals surface area contributed by atoms with Gasteiger partial charge in [0.05, 0.1) is 16.6 Å². The summed E-state index contributed by atoms with van der Waals surface area (Å²) in [6.07, 6.45) is -2.16. The number of nitrogens with zero attached hydrogens (tertiary/aromatic N) is 5. The van der Waals surface area contributed by atoms with E-state index in [0.29, 0.717) is 29.5 Å². The fourth-order valence-electron chi connectivity index (χ4n) is 4.52. The Balaban J connectivity index is 1.30. The topological polar surface area (TPSA) is 78.6 Å². The van der Waals surface area contributed by atoms with Crippen LogP contribution in [0.1, 0.15) is 12.0 Å². The number of H-pyrrole nitrogens is 1. The van der Waals surface area contributed by atoms with Gasteiger partial charge in [-0.25, -0.2) is 5.10 Å².